The zero-order chi connectivity index (χ0) is 14.5. The molecule has 0 aliphatic carbocycles. The molecule has 1 aromatic rings. The molecule has 0 spiro atoms. The lowest BCUT2D eigenvalue weighted by molar-refractivity contribution is -0.143. The Labute approximate surface area is 123 Å². The molecule has 2 rings (SSSR count). The van der Waals surface area contributed by atoms with Crippen LogP contribution in [0.4, 0.5) is 0 Å². The van der Waals surface area contributed by atoms with E-state index in [-0.39, 0.29) is 24.3 Å². The number of nitrogens with zero attached hydrogens (tertiary/aromatic N) is 1. The fraction of sp³-hybridized carbons (Fsp3) is 0.400. The van der Waals surface area contributed by atoms with E-state index in [4.69, 9.17) is 18.0 Å². The quantitative estimate of drug-likeness (QED) is 0.680. The molecule has 4 nitrogen and oxygen atoms in total. The van der Waals surface area contributed by atoms with Gasteiger partial charge in [0.05, 0.1) is 10.9 Å². The highest BCUT2D eigenvalue weighted by Crippen LogP contribution is 2.21. The standard InChI is InChI=1S/C15H18N2O2S/c16-15(20)12(11-6-2-1-3-7-11)10-17-13(18)8-4-5-9-14(17)19/h1-3,6-7,12H,4-5,8-10H2,(H2,16,20). The van der Waals surface area contributed by atoms with E-state index in [2.05, 4.69) is 0 Å². The zero-order valence-electron chi connectivity index (χ0n) is 11.2. The number of imide groups is 1. The van der Waals surface area contributed by atoms with Crippen molar-refractivity contribution in [2.24, 2.45) is 5.73 Å². The Morgan fingerprint density at radius 3 is 2.20 bits per heavy atom. The lowest BCUT2D eigenvalue weighted by Gasteiger charge is -2.24. The van der Waals surface area contributed by atoms with Crippen molar-refractivity contribution in [2.75, 3.05) is 6.54 Å². The second kappa shape index (κ2) is 6.61. The Morgan fingerprint density at radius 1 is 1.15 bits per heavy atom. The van der Waals surface area contributed by atoms with Gasteiger partial charge in [0.25, 0.3) is 0 Å². The van der Waals surface area contributed by atoms with Crippen molar-refractivity contribution in [3.05, 3.63) is 35.9 Å². The molecule has 1 aliphatic heterocycles. The van der Waals surface area contributed by atoms with E-state index in [0.717, 1.165) is 18.4 Å². The van der Waals surface area contributed by atoms with Crippen LogP contribution in [-0.2, 0) is 9.59 Å². The van der Waals surface area contributed by atoms with Gasteiger partial charge in [-0.15, -0.1) is 0 Å². The van der Waals surface area contributed by atoms with Gasteiger partial charge in [-0.2, -0.15) is 0 Å². The first-order valence-corrected chi connectivity index (χ1v) is 7.18. The van der Waals surface area contributed by atoms with Gasteiger partial charge in [-0.05, 0) is 18.4 Å². The topological polar surface area (TPSA) is 63.4 Å². The number of rotatable bonds is 4. The van der Waals surface area contributed by atoms with Gasteiger partial charge in [-0.3, -0.25) is 14.5 Å². The van der Waals surface area contributed by atoms with Crippen molar-refractivity contribution < 1.29 is 9.59 Å². The lowest BCUT2D eigenvalue weighted by atomic mass is 9.98. The average Bonchev–Trinajstić information content (AvgIpc) is 2.59. The SMILES string of the molecule is NC(=S)C(CN1C(=O)CCCCC1=O)c1ccccc1. The first-order chi connectivity index (χ1) is 9.59. The van der Waals surface area contributed by atoms with Crippen LogP contribution in [-0.4, -0.2) is 28.2 Å². The van der Waals surface area contributed by atoms with E-state index in [1.54, 1.807) is 0 Å². The first kappa shape index (κ1) is 14.7. The van der Waals surface area contributed by atoms with Gasteiger partial charge in [-0.25, -0.2) is 0 Å². The summed E-state index contributed by atoms with van der Waals surface area (Å²) >= 11 is 5.11. The van der Waals surface area contributed by atoms with E-state index in [0.29, 0.717) is 17.8 Å². The molecule has 1 aliphatic rings. The monoisotopic (exact) mass is 290 g/mol. The van der Waals surface area contributed by atoms with Crippen LogP contribution >= 0.6 is 12.2 Å². The van der Waals surface area contributed by atoms with E-state index in [9.17, 15) is 9.59 Å². The summed E-state index contributed by atoms with van der Waals surface area (Å²) in [5, 5.41) is 0. The Kier molecular flexibility index (Phi) is 4.84. The van der Waals surface area contributed by atoms with Crippen LogP contribution in [0.1, 0.15) is 37.2 Å². The molecule has 1 fully saturated rings. The average molecular weight is 290 g/mol. The molecule has 1 aromatic carbocycles. The van der Waals surface area contributed by atoms with Crippen molar-refractivity contribution in [1.82, 2.24) is 4.90 Å². The number of likely N-dealkylation sites (tertiary alicyclic amines) is 1. The molecule has 106 valence electrons. The minimum Gasteiger partial charge on any atom is -0.393 e. The molecule has 20 heavy (non-hydrogen) atoms. The number of amides is 2. The lowest BCUT2D eigenvalue weighted by Crippen LogP contribution is -2.41. The first-order valence-electron chi connectivity index (χ1n) is 6.77. The van der Waals surface area contributed by atoms with Crippen molar-refractivity contribution in [1.29, 1.82) is 0 Å². The third-order valence-electron chi connectivity index (χ3n) is 3.54. The van der Waals surface area contributed by atoms with Crippen LogP contribution in [0.15, 0.2) is 30.3 Å². The van der Waals surface area contributed by atoms with Gasteiger partial charge in [0, 0.05) is 19.4 Å². The van der Waals surface area contributed by atoms with Crippen LogP contribution in [0.2, 0.25) is 0 Å². The van der Waals surface area contributed by atoms with E-state index in [1.165, 1.54) is 4.90 Å². The fourth-order valence-electron chi connectivity index (χ4n) is 2.39. The normalized spacial score (nSPS) is 17.7. The Balaban J connectivity index is 2.21. The molecule has 1 unspecified atom stereocenters. The maximum Gasteiger partial charge on any atom is 0.229 e. The highest BCUT2D eigenvalue weighted by atomic mass is 32.1. The number of carbonyl (C=O) groups is 2. The summed E-state index contributed by atoms with van der Waals surface area (Å²) in [4.78, 5) is 25.7. The molecule has 0 bridgehead atoms. The summed E-state index contributed by atoms with van der Waals surface area (Å²) < 4.78 is 0. The summed E-state index contributed by atoms with van der Waals surface area (Å²) in [6, 6.07) is 9.52. The second-order valence-electron chi connectivity index (χ2n) is 4.97. The summed E-state index contributed by atoms with van der Waals surface area (Å²) in [7, 11) is 0. The Hall–Kier alpha value is -1.75. The zero-order valence-corrected chi connectivity index (χ0v) is 12.1. The van der Waals surface area contributed by atoms with Crippen molar-refractivity contribution in [3.63, 3.8) is 0 Å². The third-order valence-corrected chi connectivity index (χ3v) is 3.83. The van der Waals surface area contributed by atoms with Crippen LogP contribution in [0.25, 0.3) is 0 Å². The molecule has 1 atom stereocenters. The van der Waals surface area contributed by atoms with Gasteiger partial charge in [-0.1, -0.05) is 42.5 Å². The number of thiocarbonyl (C=S) groups is 1. The van der Waals surface area contributed by atoms with Gasteiger partial charge in [0.15, 0.2) is 0 Å². The van der Waals surface area contributed by atoms with E-state index in [1.807, 2.05) is 30.3 Å². The maximum absolute atomic E-state index is 12.0. The minimum absolute atomic E-state index is 0.121. The number of carbonyl (C=O) groups excluding carboxylic acids is 2. The van der Waals surface area contributed by atoms with Crippen LogP contribution in [0.3, 0.4) is 0 Å². The second-order valence-corrected chi connectivity index (χ2v) is 5.44. The van der Waals surface area contributed by atoms with Gasteiger partial charge in [0.1, 0.15) is 0 Å². The van der Waals surface area contributed by atoms with Crippen molar-refractivity contribution >= 4 is 29.0 Å². The van der Waals surface area contributed by atoms with Gasteiger partial charge < -0.3 is 5.73 Å². The molecule has 0 aromatic heterocycles. The van der Waals surface area contributed by atoms with E-state index < -0.39 is 0 Å². The number of nitrogens with two attached hydrogens (primary N) is 1. The van der Waals surface area contributed by atoms with Crippen LogP contribution in [0, 0.1) is 0 Å². The molecule has 0 radical (unpaired) electrons. The Morgan fingerprint density at radius 2 is 1.70 bits per heavy atom. The number of hydrogen-bond donors (Lipinski definition) is 1. The summed E-state index contributed by atoms with van der Waals surface area (Å²) in [5.41, 5.74) is 6.73. The predicted octanol–water partition coefficient (Wildman–Crippen LogP) is 1.99. The van der Waals surface area contributed by atoms with Gasteiger partial charge >= 0.3 is 0 Å². The molecule has 0 saturated carbocycles. The van der Waals surface area contributed by atoms with Crippen molar-refractivity contribution in [2.45, 2.75) is 31.6 Å². The molecule has 2 amide bonds. The van der Waals surface area contributed by atoms with Crippen molar-refractivity contribution in [3.8, 4) is 0 Å². The molecule has 5 heteroatoms. The fourth-order valence-corrected chi connectivity index (χ4v) is 2.60. The van der Waals surface area contributed by atoms with Crippen LogP contribution < -0.4 is 5.73 Å². The summed E-state index contributed by atoms with van der Waals surface area (Å²) in [5.74, 6) is -0.522. The van der Waals surface area contributed by atoms with Gasteiger partial charge in [0.2, 0.25) is 11.8 Å². The molecule has 2 N–H and O–H groups in total. The number of hydrogen-bond acceptors (Lipinski definition) is 3. The maximum atomic E-state index is 12.0. The molecule has 1 saturated heterocycles. The molecular weight excluding hydrogens is 272 g/mol. The minimum atomic E-state index is -0.280. The highest BCUT2D eigenvalue weighted by molar-refractivity contribution is 7.80. The smallest absolute Gasteiger partial charge is 0.229 e. The summed E-state index contributed by atoms with van der Waals surface area (Å²) in [6.07, 6.45) is 2.38. The largest absolute Gasteiger partial charge is 0.393 e. The molecule has 1 heterocycles. The molecular formula is C15H18N2O2S. The predicted molar refractivity (Wildman–Crippen MR) is 81.2 cm³/mol. The van der Waals surface area contributed by atoms with Crippen LogP contribution in [0.5, 0.6) is 0 Å². The summed E-state index contributed by atoms with van der Waals surface area (Å²) in [6.45, 7) is 0.247. The Bertz CT molecular complexity index is 498. The van der Waals surface area contributed by atoms with E-state index >= 15 is 0 Å². The highest BCUT2D eigenvalue weighted by Gasteiger charge is 2.28. The third kappa shape index (κ3) is 3.42. The number of benzene rings is 1.